The van der Waals surface area contributed by atoms with E-state index in [4.69, 9.17) is 0 Å². The molecule has 164 valence electrons. The SMILES string of the molecule is CC(=O)c1c(C)[nH]c(C(=O)C(C)N2CCN(CCCOCC(F)(F)F)CC2)c1C. The number of nitrogens with zero attached hydrogens (tertiary/aromatic N) is 2. The van der Waals surface area contributed by atoms with E-state index in [2.05, 4.69) is 19.5 Å². The summed E-state index contributed by atoms with van der Waals surface area (Å²) in [6, 6.07) is -0.316. The molecule has 1 atom stereocenters. The van der Waals surface area contributed by atoms with Crippen LogP contribution in [0.1, 0.15) is 52.4 Å². The number of H-pyrrole nitrogens is 1. The third-order valence-corrected chi connectivity index (χ3v) is 5.40. The normalized spacial score (nSPS) is 17.5. The van der Waals surface area contributed by atoms with Gasteiger partial charge in [-0.25, -0.2) is 0 Å². The number of nitrogens with one attached hydrogen (secondary N) is 1. The molecule has 0 amide bonds. The molecule has 6 nitrogen and oxygen atoms in total. The molecule has 0 bridgehead atoms. The van der Waals surface area contributed by atoms with Crippen molar-refractivity contribution in [2.45, 2.75) is 46.3 Å². The maximum atomic E-state index is 13.0. The van der Waals surface area contributed by atoms with Gasteiger partial charge >= 0.3 is 6.18 Å². The number of aryl methyl sites for hydroxylation is 1. The van der Waals surface area contributed by atoms with Crippen molar-refractivity contribution in [2.75, 3.05) is 45.9 Å². The average Bonchev–Trinajstić information content (AvgIpc) is 2.94. The molecule has 0 spiro atoms. The smallest absolute Gasteiger partial charge is 0.372 e. The highest BCUT2D eigenvalue weighted by molar-refractivity contribution is 6.05. The van der Waals surface area contributed by atoms with Crippen molar-refractivity contribution < 1.29 is 27.5 Å². The maximum Gasteiger partial charge on any atom is 0.411 e. The van der Waals surface area contributed by atoms with E-state index < -0.39 is 12.8 Å². The molecule has 29 heavy (non-hydrogen) atoms. The summed E-state index contributed by atoms with van der Waals surface area (Å²) in [5.74, 6) is -0.0946. The van der Waals surface area contributed by atoms with Gasteiger partial charge < -0.3 is 14.6 Å². The van der Waals surface area contributed by atoms with Gasteiger partial charge in [-0.15, -0.1) is 0 Å². The van der Waals surface area contributed by atoms with Crippen LogP contribution in [-0.2, 0) is 4.74 Å². The molecule has 0 radical (unpaired) electrons. The van der Waals surface area contributed by atoms with Gasteiger partial charge in [-0.2, -0.15) is 13.2 Å². The highest BCUT2D eigenvalue weighted by atomic mass is 19.4. The number of ketones is 2. The van der Waals surface area contributed by atoms with Crippen molar-refractivity contribution in [3.05, 3.63) is 22.5 Å². The van der Waals surface area contributed by atoms with Crippen LogP contribution in [0.2, 0.25) is 0 Å². The topological polar surface area (TPSA) is 65.6 Å². The monoisotopic (exact) mass is 417 g/mol. The van der Waals surface area contributed by atoms with Crippen molar-refractivity contribution in [3.8, 4) is 0 Å². The van der Waals surface area contributed by atoms with E-state index in [9.17, 15) is 22.8 Å². The van der Waals surface area contributed by atoms with Gasteiger partial charge in [0.05, 0.1) is 11.7 Å². The summed E-state index contributed by atoms with van der Waals surface area (Å²) in [6.07, 6.45) is -3.74. The molecule has 1 saturated heterocycles. The molecular formula is C20H30F3N3O3. The second kappa shape index (κ2) is 9.86. The lowest BCUT2D eigenvalue weighted by atomic mass is 10.0. The number of alkyl halides is 3. The van der Waals surface area contributed by atoms with Gasteiger partial charge in [-0.05, 0) is 39.7 Å². The summed E-state index contributed by atoms with van der Waals surface area (Å²) in [6.45, 7) is 9.40. The van der Waals surface area contributed by atoms with Crippen molar-refractivity contribution in [3.63, 3.8) is 0 Å². The van der Waals surface area contributed by atoms with Crippen molar-refractivity contribution in [1.82, 2.24) is 14.8 Å². The molecule has 0 aliphatic carbocycles. The first-order valence-electron chi connectivity index (χ1n) is 9.86. The van der Waals surface area contributed by atoms with Gasteiger partial charge in [-0.3, -0.25) is 14.5 Å². The second-order valence-electron chi connectivity index (χ2n) is 7.62. The predicted molar refractivity (Wildman–Crippen MR) is 104 cm³/mol. The van der Waals surface area contributed by atoms with Crippen LogP contribution < -0.4 is 0 Å². The first-order valence-corrected chi connectivity index (χ1v) is 9.86. The fraction of sp³-hybridized carbons (Fsp3) is 0.700. The summed E-state index contributed by atoms with van der Waals surface area (Å²) in [7, 11) is 0. The van der Waals surface area contributed by atoms with Gasteiger partial charge in [0.2, 0.25) is 0 Å². The first-order chi connectivity index (χ1) is 13.5. The second-order valence-corrected chi connectivity index (χ2v) is 7.62. The minimum Gasteiger partial charge on any atom is -0.372 e. The van der Waals surface area contributed by atoms with Crippen molar-refractivity contribution >= 4 is 11.6 Å². The summed E-state index contributed by atoms with van der Waals surface area (Å²) >= 11 is 0. The molecule has 1 aromatic heterocycles. The van der Waals surface area contributed by atoms with E-state index in [-0.39, 0.29) is 24.2 Å². The molecule has 1 aliphatic heterocycles. The summed E-state index contributed by atoms with van der Waals surface area (Å²) in [5, 5.41) is 0. The third kappa shape index (κ3) is 6.38. The Hall–Kier alpha value is -1.71. The maximum absolute atomic E-state index is 13.0. The third-order valence-electron chi connectivity index (χ3n) is 5.40. The van der Waals surface area contributed by atoms with Gasteiger partial charge in [0.1, 0.15) is 6.61 Å². The number of ether oxygens (including phenoxy) is 1. The molecule has 2 heterocycles. The molecule has 2 rings (SSSR count). The van der Waals surface area contributed by atoms with Crippen LogP contribution in [0.15, 0.2) is 0 Å². The molecule has 9 heteroatoms. The van der Waals surface area contributed by atoms with Gasteiger partial charge in [0.25, 0.3) is 0 Å². The zero-order valence-corrected chi connectivity index (χ0v) is 17.5. The quantitative estimate of drug-likeness (QED) is 0.494. The largest absolute Gasteiger partial charge is 0.411 e. The molecule has 1 unspecified atom stereocenters. The predicted octanol–water partition coefficient (Wildman–Crippen LogP) is 2.99. The summed E-state index contributed by atoms with van der Waals surface area (Å²) < 4.78 is 40.8. The van der Waals surface area contributed by atoms with E-state index in [0.717, 1.165) is 13.1 Å². The molecule has 1 fully saturated rings. The lowest BCUT2D eigenvalue weighted by molar-refractivity contribution is -0.174. The lowest BCUT2D eigenvalue weighted by Gasteiger charge is -2.37. The fourth-order valence-corrected chi connectivity index (χ4v) is 3.85. The van der Waals surface area contributed by atoms with Gasteiger partial charge in [-0.1, -0.05) is 0 Å². The number of piperazine rings is 1. The van der Waals surface area contributed by atoms with Crippen LogP contribution in [-0.4, -0.2) is 84.5 Å². The minimum atomic E-state index is -4.28. The Labute approximate surface area is 169 Å². The number of halogens is 3. The molecule has 0 saturated carbocycles. The molecule has 1 aliphatic rings. The number of hydrogen-bond acceptors (Lipinski definition) is 5. The van der Waals surface area contributed by atoms with Crippen LogP contribution in [0.4, 0.5) is 13.2 Å². The van der Waals surface area contributed by atoms with E-state index in [0.29, 0.717) is 48.6 Å². The van der Waals surface area contributed by atoms with Crippen LogP contribution in [0.5, 0.6) is 0 Å². The van der Waals surface area contributed by atoms with Gasteiger partial charge in [0, 0.05) is 50.6 Å². The van der Waals surface area contributed by atoms with Crippen molar-refractivity contribution in [1.29, 1.82) is 0 Å². The molecule has 0 aromatic carbocycles. The Morgan fingerprint density at radius 2 is 1.79 bits per heavy atom. The number of aromatic nitrogens is 1. The van der Waals surface area contributed by atoms with Crippen molar-refractivity contribution in [2.24, 2.45) is 0 Å². The molecule has 1 N–H and O–H groups in total. The first kappa shape index (κ1) is 23.6. The number of rotatable bonds is 9. The lowest BCUT2D eigenvalue weighted by Crippen LogP contribution is -2.52. The average molecular weight is 417 g/mol. The number of Topliss-reactive ketones (excluding diaryl/α,β-unsaturated/α-hetero) is 2. The Morgan fingerprint density at radius 3 is 2.31 bits per heavy atom. The Morgan fingerprint density at radius 1 is 1.17 bits per heavy atom. The van der Waals surface area contributed by atoms with Crippen LogP contribution in [0.3, 0.4) is 0 Å². The summed E-state index contributed by atoms with van der Waals surface area (Å²) in [4.78, 5) is 32.1. The van der Waals surface area contributed by atoms with Crippen LogP contribution in [0.25, 0.3) is 0 Å². The van der Waals surface area contributed by atoms with Crippen LogP contribution >= 0.6 is 0 Å². The zero-order chi connectivity index (χ0) is 21.8. The zero-order valence-electron chi connectivity index (χ0n) is 17.5. The number of carbonyl (C=O) groups is 2. The fourth-order valence-electron chi connectivity index (χ4n) is 3.85. The van der Waals surface area contributed by atoms with E-state index in [1.165, 1.54) is 6.92 Å². The highest BCUT2D eigenvalue weighted by Gasteiger charge is 2.30. The highest BCUT2D eigenvalue weighted by Crippen LogP contribution is 2.21. The van der Waals surface area contributed by atoms with E-state index in [1.54, 1.807) is 13.8 Å². The standard InChI is InChI=1S/C20H30F3N3O3/c1-13-17(16(4)27)14(2)24-18(13)19(28)15(3)26-9-7-25(8-10-26)6-5-11-29-12-20(21,22)23/h15,24H,5-12H2,1-4H3. The Kier molecular flexibility index (Phi) is 8.02. The van der Waals surface area contributed by atoms with Gasteiger partial charge in [0.15, 0.2) is 11.6 Å². The Balaban J connectivity index is 1.81. The molecular weight excluding hydrogens is 387 g/mol. The number of carbonyl (C=O) groups excluding carboxylic acids is 2. The number of hydrogen-bond donors (Lipinski definition) is 1. The minimum absolute atomic E-state index is 0.0351. The number of aromatic amines is 1. The van der Waals surface area contributed by atoms with E-state index >= 15 is 0 Å². The van der Waals surface area contributed by atoms with Crippen LogP contribution in [0, 0.1) is 13.8 Å². The van der Waals surface area contributed by atoms with E-state index in [1.807, 2.05) is 6.92 Å². The Bertz CT molecular complexity index is 723. The summed E-state index contributed by atoms with van der Waals surface area (Å²) in [5.41, 5.74) is 2.48. The molecule has 1 aromatic rings.